The molecule has 0 aliphatic rings. The average molecular weight is 313 g/mol. The summed E-state index contributed by atoms with van der Waals surface area (Å²) in [6, 6.07) is 2.90. The summed E-state index contributed by atoms with van der Waals surface area (Å²) in [4.78, 5) is 5.33. The number of methoxy groups -OCH3 is 1. The van der Waals surface area contributed by atoms with Crippen LogP contribution in [-0.2, 0) is 17.8 Å². The van der Waals surface area contributed by atoms with Crippen LogP contribution in [0.15, 0.2) is 6.07 Å². The van der Waals surface area contributed by atoms with Gasteiger partial charge in [0, 0.05) is 48.1 Å². The summed E-state index contributed by atoms with van der Waals surface area (Å²) >= 11 is 1.91. The van der Waals surface area contributed by atoms with Crippen molar-refractivity contribution in [3.05, 3.63) is 21.4 Å². The number of rotatable bonds is 8. The molecule has 1 rings (SSSR count). The molecule has 0 spiro atoms. The Morgan fingerprint density at radius 1 is 1.33 bits per heavy atom. The van der Waals surface area contributed by atoms with Crippen LogP contribution in [0.5, 0.6) is 0 Å². The zero-order chi connectivity index (χ0) is 16.0. The predicted octanol–water partition coefficient (Wildman–Crippen LogP) is 3.80. The molecule has 0 radical (unpaired) electrons. The molecule has 0 saturated carbocycles. The molecule has 21 heavy (non-hydrogen) atoms. The first-order chi connectivity index (χ1) is 9.73. The largest absolute Gasteiger partial charge is 0.383 e. The van der Waals surface area contributed by atoms with E-state index in [0.717, 1.165) is 26.2 Å². The van der Waals surface area contributed by atoms with Crippen LogP contribution in [0.4, 0.5) is 0 Å². The summed E-state index contributed by atoms with van der Waals surface area (Å²) in [7, 11) is 1.77. The molecule has 0 fully saturated rings. The molecule has 122 valence electrons. The minimum atomic E-state index is 0.167. The molecule has 3 nitrogen and oxygen atoms in total. The highest BCUT2D eigenvalue weighted by molar-refractivity contribution is 7.12. The van der Waals surface area contributed by atoms with Crippen molar-refractivity contribution in [1.29, 1.82) is 0 Å². The molecule has 0 aromatic carbocycles. The smallest absolute Gasteiger partial charge is 0.0589 e. The van der Waals surface area contributed by atoms with Gasteiger partial charge in [-0.1, -0.05) is 0 Å². The second-order valence-corrected chi connectivity index (χ2v) is 8.30. The van der Waals surface area contributed by atoms with Crippen LogP contribution in [0.2, 0.25) is 0 Å². The first-order valence-electron chi connectivity index (χ1n) is 7.79. The van der Waals surface area contributed by atoms with E-state index in [2.05, 4.69) is 57.8 Å². The van der Waals surface area contributed by atoms with Gasteiger partial charge in [-0.15, -0.1) is 11.3 Å². The van der Waals surface area contributed by atoms with Gasteiger partial charge in [-0.3, -0.25) is 4.90 Å². The van der Waals surface area contributed by atoms with E-state index in [1.54, 1.807) is 7.11 Å². The molecule has 1 aromatic rings. The van der Waals surface area contributed by atoms with E-state index in [4.69, 9.17) is 4.74 Å². The van der Waals surface area contributed by atoms with Gasteiger partial charge in [0.05, 0.1) is 6.61 Å². The zero-order valence-corrected chi connectivity index (χ0v) is 15.6. The Morgan fingerprint density at radius 3 is 2.52 bits per heavy atom. The molecule has 0 unspecified atom stereocenters. The Hall–Kier alpha value is -0.420. The fourth-order valence-electron chi connectivity index (χ4n) is 2.13. The quantitative estimate of drug-likeness (QED) is 0.790. The fraction of sp³-hybridized carbons (Fsp3) is 0.765. The molecule has 0 aliphatic heterocycles. The van der Waals surface area contributed by atoms with Gasteiger partial charge < -0.3 is 10.1 Å². The van der Waals surface area contributed by atoms with E-state index in [-0.39, 0.29) is 5.54 Å². The summed E-state index contributed by atoms with van der Waals surface area (Å²) in [6.45, 7) is 17.1. The van der Waals surface area contributed by atoms with Crippen molar-refractivity contribution < 1.29 is 4.74 Å². The Kier molecular flexibility index (Phi) is 7.34. The molecule has 4 heteroatoms. The van der Waals surface area contributed by atoms with Crippen LogP contribution in [0.1, 0.15) is 49.9 Å². The van der Waals surface area contributed by atoms with Crippen molar-refractivity contribution in [2.75, 3.05) is 20.3 Å². The van der Waals surface area contributed by atoms with Gasteiger partial charge in [-0.25, -0.2) is 0 Å². The summed E-state index contributed by atoms with van der Waals surface area (Å²) < 4.78 is 5.22. The van der Waals surface area contributed by atoms with Crippen molar-refractivity contribution >= 4 is 11.3 Å². The molecular formula is C17H32N2OS. The number of nitrogens with one attached hydrogen (secondary N) is 1. The lowest BCUT2D eigenvalue weighted by Crippen LogP contribution is -2.34. The van der Waals surface area contributed by atoms with Gasteiger partial charge in [-0.05, 0) is 53.2 Å². The van der Waals surface area contributed by atoms with E-state index < -0.39 is 0 Å². The lowest BCUT2D eigenvalue weighted by molar-refractivity contribution is 0.125. The predicted molar refractivity (Wildman–Crippen MR) is 93.1 cm³/mol. The average Bonchev–Trinajstić information content (AvgIpc) is 2.71. The SMILES string of the molecule is COCCN(Cc1cc(CNC(C)(C)C)sc1C)C(C)C. The van der Waals surface area contributed by atoms with Gasteiger partial charge >= 0.3 is 0 Å². The lowest BCUT2D eigenvalue weighted by atomic mass is 10.1. The maximum atomic E-state index is 5.22. The first-order valence-corrected chi connectivity index (χ1v) is 8.61. The van der Waals surface area contributed by atoms with Gasteiger partial charge in [0.2, 0.25) is 0 Å². The third-order valence-corrected chi connectivity index (χ3v) is 4.64. The molecule has 0 bridgehead atoms. The fourth-order valence-corrected chi connectivity index (χ4v) is 3.12. The molecule has 0 aliphatic carbocycles. The summed E-state index contributed by atoms with van der Waals surface area (Å²) in [5.74, 6) is 0. The molecule has 0 atom stereocenters. The minimum absolute atomic E-state index is 0.167. The Balaban J connectivity index is 2.67. The summed E-state index contributed by atoms with van der Waals surface area (Å²) in [6.07, 6.45) is 0. The number of hydrogen-bond donors (Lipinski definition) is 1. The maximum Gasteiger partial charge on any atom is 0.0589 e. The van der Waals surface area contributed by atoms with E-state index in [1.165, 1.54) is 15.3 Å². The zero-order valence-electron chi connectivity index (χ0n) is 14.7. The highest BCUT2D eigenvalue weighted by atomic mass is 32.1. The second-order valence-electron chi connectivity index (χ2n) is 6.95. The van der Waals surface area contributed by atoms with Crippen molar-refractivity contribution in [2.24, 2.45) is 0 Å². The van der Waals surface area contributed by atoms with Crippen molar-refractivity contribution in [3.8, 4) is 0 Å². The number of nitrogens with zero attached hydrogens (tertiary/aromatic N) is 1. The maximum absolute atomic E-state index is 5.22. The highest BCUT2D eigenvalue weighted by Gasteiger charge is 2.15. The standard InChI is InChI=1S/C17H32N2OS/c1-13(2)19(8-9-20-7)12-15-10-16(21-14(15)3)11-18-17(4,5)6/h10,13,18H,8-9,11-12H2,1-7H3. The number of ether oxygens (including phenoxy) is 1. The monoisotopic (exact) mass is 312 g/mol. The van der Waals surface area contributed by atoms with Gasteiger partial charge in [-0.2, -0.15) is 0 Å². The third-order valence-electron chi connectivity index (χ3n) is 3.55. The van der Waals surface area contributed by atoms with Crippen molar-refractivity contribution in [1.82, 2.24) is 10.2 Å². The molecule has 1 aromatic heterocycles. The van der Waals surface area contributed by atoms with Crippen LogP contribution in [-0.4, -0.2) is 36.7 Å². The first kappa shape index (κ1) is 18.6. The molecule has 0 saturated heterocycles. The van der Waals surface area contributed by atoms with E-state index in [9.17, 15) is 0 Å². The van der Waals surface area contributed by atoms with Crippen LogP contribution in [0.3, 0.4) is 0 Å². The molecule has 1 heterocycles. The molecular weight excluding hydrogens is 280 g/mol. The van der Waals surface area contributed by atoms with E-state index in [0.29, 0.717) is 6.04 Å². The Labute approximate surface area is 134 Å². The Morgan fingerprint density at radius 2 is 2.00 bits per heavy atom. The van der Waals surface area contributed by atoms with E-state index in [1.807, 2.05) is 11.3 Å². The summed E-state index contributed by atoms with van der Waals surface area (Å²) in [5, 5.41) is 3.57. The summed E-state index contributed by atoms with van der Waals surface area (Å²) in [5.41, 5.74) is 1.62. The second kappa shape index (κ2) is 8.28. The van der Waals surface area contributed by atoms with Crippen molar-refractivity contribution in [3.63, 3.8) is 0 Å². The van der Waals surface area contributed by atoms with Gasteiger partial charge in [0.1, 0.15) is 0 Å². The third kappa shape index (κ3) is 6.92. The van der Waals surface area contributed by atoms with Gasteiger partial charge in [0.15, 0.2) is 0 Å². The van der Waals surface area contributed by atoms with Gasteiger partial charge in [0.25, 0.3) is 0 Å². The van der Waals surface area contributed by atoms with Crippen LogP contribution in [0.25, 0.3) is 0 Å². The van der Waals surface area contributed by atoms with Crippen molar-refractivity contribution in [2.45, 2.75) is 66.2 Å². The highest BCUT2D eigenvalue weighted by Crippen LogP contribution is 2.24. The number of hydrogen-bond acceptors (Lipinski definition) is 4. The molecule has 0 amide bonds. The number of aryl methyl sites for hydroxylation is 1. The van der Waals surface area contributed by atoms with Crippen LogP contribution >= 0.6 is 11.3 Å². The normalized spacial score (nSPS) is 12.6. The topological polar surface area (TPSA) is 24.5 Å². The van der Waals surface area contributed by atoms with E-state index >= 15 is 0 Å². The van der Waals surface area contributed by atoms with Crippen LogP contribution < -0.4 is 5.32 Å². The lowest BCUT2D eigenvalue weighted by Gasteiger charge is -2.26. The molecule has 1 N–H and O–H groups in total. The Bertz CT molecular complexity index is 421. The van der Waals surface area contributed by atoms with Crippen LogP contribution in [0, 0.1) is 6.92 Å². The number of thiophene rings is 1. The minimum Gasteiger partial charge on any atom is -0.383 e.